The molecule has 1 heterocycles. The molecule has 1 amide bonds. The monoisotopic (exact) mass is 251 g/mol. The average Bonchev–Trinajstić information content (AvgIpc) is 2.52. The van der Waals surface area contributed by atoms with Gasteiger partial charge in [0.15, 0.2) is 0 Å². The van der Waals surface area contributed by atoms with Crippen LogP contribution in [0.15, 0.2) is 18.2 Å². The Balaban J connectivity index is 2.26. The number of amides is 1. The van der Waals surface area contributed by atoms with Crippen molar-refractivity contribution in [2.24, 2.45) is 0 Å². The number of rotatable bonds is 1. The average molecular weight is 251 g/mol. The lowest BCUT2D eigenvalue weighted by atomic mass is 9.98. The number of aliphatic hydroxyl groups excluding tert-OH is 1. The molecule has 0 aromatic heterocycles. The smallest absolute Gasteiger partial charge is 0.407 e. The van der Waals surface area contributed by atoms with Gasteiger partial charge >= 0.3 is 6.09 Å². The normalized spacial score (nSPS) is 22.4. The van der Waals surface area contributed by atoms with Gasteiger partial charge in [-0.25, -0.2) is 4.79 Å². The maximum absolute atomic E-state index is 11.2. The number of hydrogen-bond donors (Lipinski definition) is 2. The molecule has 0 saturated heterocycles. The topological polar surface area (TPSA) is 67.8 Å². The first-order valence-corrected chi connectivity index (χ1v) is 5.88. The van der Waals surface area contributed by atoms with Crippen LogP contribution in [0.2, 0.25) is 0 Å². The van der Waals surface area contributed by atoms with Gasteiger partial charge in [-0.1, -0.05) is 18.2 Å². The molecule has 5 nitrogen and oxygen atoms in total. The second kappa shape index (κ2) is 5.27. The molecule has 0 aliphatic carbocycles. The molecule has 0 bridgehead atoms. The van der Waals surface area contributed by atoms with Crippen LogP contribution in [0.1, 0.15) is 23.7 Å². The number of carbonyl (C=O) groups is 1. The van der Waals surface area contributed by atoms with Crippen LogP contribution in [0.4, 0.5) is 4.79 Å². The fourth-order valence-electron chi connectivity index (χ4n) is 2.13. The maximum Gasteiger partial charge on any atom is 0.407 e. The molecular weight excluding hydrogens is 234 g/mol. The third kappa shape index (κ3) is 2.41. The lowest BCUT2D eigenvalue weighted by Crippen LogP contribution is -2.39. The highest BCUT2D eigenvalue weighted by Gasteiger charge is 2.29. The van der Waals surface area contributed by atoms with Crippen molar-refractivity contribution in [1.29, 1.82) is 0 Å². The minimum absolute atomic E-state index is 0.402. The Morgan fingerprint density at radius 1 is 1.56 bits per heavy atom. The van der Waals surface area contributed by atoms with E-state index in [4.69, 9.17) is 4.74 Å². The third-order valence-corrected chi connectivity index (χ3v) is 3.11. The first kappa shape index (κ1) is 12.7. The van der Waals surface area contributed by atoms with Crippen molar-refractivity contribution < 1.29 is 19.4 Å². The first-order valence-electron chi connectivity index (χ1n) is 5.88. The number of alkyl carbamates (subject to hydrolysis) is 1. The number of hydrogen-bond acceptors (Lipinski definition) is 4. The minimum Gasteiger partial charge on any atom is -0.493 e. The van der Waals surface area contributed by atoms with Crippen LogP contribution in [0, 0.1) is 6.92 Å². The number of ether oxygens (including phenoxy) is 2. The molecule has 5 heteroatoms. The van der Waals surface area contributed by atoms with Crippen LogP contribution in [0.3, 0.4) is 0 Å². The van der Waals surface area contributed by atoms with E-state index in [0.29, 0.717) is 24.3 Å². The van der Waals surface area contributed by atoms with Gasteiger partial charge in [0, 0.05) is 12.0 Å². The summed E-state index contributed by atoms with van der Waals surface area (Å²) in [6.07, 6.45) is -0.804. The molecule has 0 spiro atoms. The van der Waals surface area contributed by atoms with E-state index in [2.05, 4.69) is 10.1 Å². The summed E-state index contributed by atoms with van der Waals surface area (Å²) >= 11 is 0. The largest absolute Gasteiger partial charge is 0.493 e. The molecule has 2 rings (SSSR count). The summed E-state index contributed by atoms with van der Waals surface area (Å²) in [5, 5.41) is 12.9. The number of fused-ring (bicyclic) bond motifs is 1. The van der Waals surface area contributed by atoms with E-state index in [0.717, 1.165) is 5.56 Å². The summed E-state index contributed by atoms with van der Waals surface area (Å²) in [5.74, 6) is 0.708. The second-order valence-electron chi connectivity index (χ2n) is 4.32. The van der Waals surface area contributed by atoms with Gasteiger partial charge in [-0.05, 0) is 12.5 Å². The van der Waals surface area contributed by atoms with Crippen LogP contribution in [0.5, 0.6) is 5.75 Å². The summed E-state index contributed by atoms with van der Waals surface area (Å²) in [4.78, 5) is 11.2. The first-order chi connectivity index (χ1) is 8.63. The molecule has 0 saturated carbocycles. The van der Waals surface area contributed by atoms with Gasteiger partial charge in [0.1, 0.15) is 11.9 Å². The Hall–Kier alpha value is -1.75. The molecule has 2 unspecified atom stereocenters. The summed E-state index contributed by atoms with van der Waals surface area (Å²) in [6.45, 7) is 2.38. The van der Waals surface area contributed by atoms with Crippen LogP contribution in [-0.4, -0.2) is 31.0 Å². The number of nitrogens with one attached hydrogen (secondary N) is 1. The van der Waals surface area contributed by atoms with E-state index in [1.807, 2.05) is 25.1 Å². The summed E-state index contributed by atoms with van der Waals surface area (Å²) in [7, 11) is 1.30. The molecule has 2 N–H and O–H groups in total. The Morgan fingerprint density at radius 3 is 3.06 bits per heavy atom. The predicted molar refractivity (Wildman–Crippen MR) is 65.6 cm³/mol. The standard InChI is InChI=1S/C13H17NO4/c1-8-4-3-5-9-11(15)10(14-13(16)17-2)6-7-18-12(8)9/h3-5,10-11,15H,6-7H2,1-2H3,(H,14,16). The van der Waals surface area contributed by atoms with Crippen molar-refractivity contribution >= 4 is 6.09 Å². The number of benzene rings is 1. The zero-order valence-corrected chi connectivity index (χ0v) is 10.5. The van der Waals surface area contributed by atoms with Gasteiger partial charge in [0.25, 0.3) is 0 Å². The molecule has 1 aliphatic rings. The van der Waals surface area contributed by atoms with Crippen LogP contribution < -0.4 is 10.1 Å². The van der Waals surface area contributed by atoms with Crippen molar-refractivity contribution in [3.63, 3.8) is 0 Å². The van der Waals surface area contributed by atoms with Crippen LogP contribution >= 0.6 is 0 Å². The van der Waals surface area contributed by atoms with E-state index in [-0.39, 0.29) is 0 Å². The Kier molecular flexibility index (Phi) is 3.72. The highest BCUT2D eigenvalue weighted by atomic mass is 16.5. The maximum atomic E-state index is 11.2. The van der Waals surface area contributed by atoms with Gasteiger partial charge in [-0.2, -0.15) is 0 Å². The van der Waals surface area contributed by atoms with E-state index >= 15 is 0 Å². The van der Waals surface area contributed by atoms with Gasteiger partial charge in [0.2, 0.25) is 0 Å². The zero-order chi connectivity index (χ0) is 13.1. The van der Waals surface area contributed by atoms with Gasteiger partial charge in [-0.15, -0.1) is 0 Å². The summed E-state index contributed by atoms with van der Waals surface area (Å²) < 4.78 is 10.2. The fraction of sp³-hybridized carbons (Fsp3) is 0.462. The summed E-state index contributed by atoms with van der Waals surface area (Å²) in [6, 6.07) is 5.20. The molecule has 1 aromatic rings. The molecule has 0 fully saturated rings. The van der Waals surface area contributed by atoms with Crippen LogP contribution in [0.25, 0.3) is 0 Å². The molecule has 2 atom stereocenters. The lowest BCUT2D eigenvalue weighted by Gasteiger charge is -2.21. The van der Waals surface area contributed by atoms with Gasteiger partial charge < -0.3 is 19.9 Å². The molecule has 18 heavy (non-hydrogen) atoms. The molecule has 0 radical (unpaired) electrons. The number of methoxy groups -OCH3 is 1. The van der Waals surface area contributed by atoms with Gasteiger partial charge in [-0.3, -0.25) is 0 Å². The zero-order valence-electron chi connectivity index (χ0n) is 10.5. The van der Waals surface area contributed by atoms with Crippen molar-refractivity contribution in [1.82, 2.24) is 5.32 Å². The van der Waals surface area contributed by atoms with Crippen molar-refractivity contribution in [3.8, 4) is 5.75 Å². The Labute approximate surface area is 106 Å². The molecule has 98 valence electrons. The van der Waals surface area contributed by atoms with Crippen molar-refractivity contribution in [2.45, 2.75) is 25.5 Å². The number of carbonyl (C=O) groups excluding carboxylic acids is 1. The van der Waals surface area contributed by atoms with E-state index in [9.17, 15) is 9.90 Å². The van der Waals surface area contributed by atoms with Gasteiger partial charge in [0.05, 0.1) is 19.8 Å². The fourth-order valence-corrected chi connectivity index (χ4v) is 2.13. The number of para-hydroxylation sites is 1. The predicted octanol–water partition coefficient (Wildman–Crippen LogP) is 1.54. The second-order valence-corrected chi connectivity index (χ2v) is 4.32. The third-order valence-electron chi connectivity index (χ3n) is 3.11. The quantitative estimate of drug-likeness (QED) is 0.794. The number of aliphatic hydroxyl groups is 1. The molecule has 1 aliphatic heterocycles. The molecule has 1 aromatic carbocycles. The van der Waals surface area contributed by atoms with Crippen LogP contribution in [-0.2, 0) is 4.74 Å². The highest BCUT2D eigenvalue weighted by Crippen LogP contribution is 2.34. The van der Waals surface area contributed by atoms with Crippen molar-refractivity contribution in [2.75, 3.05) is 13.7 Å². The lowest BCUT2D eigenvalue weighted by molar-refractivity contribution is 0.112. The van der Waals surface area contributed by atoms with Crippen molar-refractivity contribution in [3.05, 3.63) is 29.3 Å². The van der Waals surface area contributed by atoms with E-state index in [1.54, 1.807) is 0 Å². The number of aryl methyl sites for hydroxylation is 1. The Morgan fingerprint density at radius 2 is 2.33 bits per heavy atom. The molecular formula is C13H17NO4. The van der Waals surface area contributed by atoms with E-state index in [1.165, 1.54) is 7.11 Å². The SMILES string of the molecule is COC(=O)NC1CCOc2c(C)cccc2C1O. The minimum atomic E-state index is -0.790. The van der Waals surface area contributed by atoms with E-state index < -0.39 is 18.2 Å². The highest BCUT2D eigenvalue weighted by molar-refractivity contribution is 5.67. The summed E-state index contributed by atoms with van der Waals surface area (Å²) in [5.41, 5.74) is 1.68. The Bertz CT molecular complexity index is 447.